The highest BCUT2D eigenvalue weighted by Gasteiger charge is 2.49. The number of hydrogen-bond donors (Lipinski definition) is 7. The highest BCUT2D eigenvalue weighted by molar-refractivity contribution is 5.68. The van der Waals surface area contributed by atoms with Gasteiger partial charge in [0.2, 0.25) is 0 Å². The van der Waals surface area contributed by atoms with Crippen molar-refractivity contribution in [1.82, 2.24) is 4.90 Å². The quantitative estimate of drug-likeness (QED) is 0.0570. The van der Waals surface area contributed by atoms with E-state index in [1.54, 1.807) is 0 Å². The lowest BCUT2D eigenvalue weighted by Crippen LogP contribution is -2.43. The summed E-state index contributed by atoms with van der Waals surface area (Å²) < 4.78 is 38.4. The van der Waals surface area contributed by atoms with Gasteiger partial charge in [0.15, 0.2) is 18.9 Å². The summed E-state index contributed by atoms with van der Waals surface area (Å²) in [6.45, 7) is 0.831. The molecule has 16 heteroatoms. The maximum absolute atomic E-state index is 11.1. The van der Waals surface area contributed by atoms with Crippen molar-refractivity contribution in [3.63, 3.8) is 0 Å². The van der Waals surface area contributed by atoms with Gasteiger partial charge < -0.3 is 68.9 Å². The van der Waals surface area contributed by atoms with E-state index in [0.717, 1.165) is 57.9 Å². The van der Waals surface area contributed by atoms with Crippen molar-refractivity contribution < 1.29 is 73.7 Å². The van der Waals surface area contributed by atoms with Crippen LogP contribution in [0.2, 0.25) is 0 Å². The molecule has 4 aliphatic heterocycles. The van der Waals surface area contributed by atoms with Crippen LogP contribution in [0.3, 0.4) is 0 Å². The van der Waals surface area contributed by atoms with Crippen molar-refractivity contribution in [2.24, 2.45) is 0 Å². The number of methoxy groups -OCH3 is 1. The van der Waals surface area contributed by atoms with Gasteiger partial charge in [-0.3, -0.25) is 9.69 Å². The lowest BCUT2D eigenvalue weighted by Gasteiger charge is -2.26. The summed E-state index contributed by atoms with van der Waals surface area (Å²) in [5.41, 5.74) is 0. The Kier molecular flexibility index (Phi) is 15.3. The zero-order chi connectivity index (χ0) is 33.2. The molecule has 4 rings (SSSR count). The zero-order valence-electron chi connectivity index (χ0n) is 26.5. The largest absolute Gasteiger partial charge is 0.469 e. The fourth-order valence-corrected chi connectivity index (χ4v) is 6.32. The maximum Gasteiger partial charge on any atom is 0.305 e. The van der Waals surface area contributed by atoms with Gasteiger partial charge in [-0.15, -0.1) is 0 Å². The molecule has 0 unspecified atom stereocenters. The van der Waals surface area contributed by atoms with Crippen molar-refractivity contribution in [3.05, 3.63) is 0 Å². The number of esters is 1. The Morgan fingerprint density at radius 3 is 1.76 bits per heavy atom. The van der Waals surface area contributed by atoms with Gasteiger partial charge in [0, 0.05) is 25.6 Å². The molecule has 0 aliphatic carbocycles. The summed E-state index contributed by atoms with van der Waals surface area (Å²) in [6, 6.07) is -0.0243. The monoisotopic (exact) mass is 667 g/mol. The first-order chi connectivity index (χ1) is 22.1. The molecule has 0 saturated carbocycles. The van der Waals surface area contributed by atoms with E-state index < -0.39 is 73.8 Å². The van der Waals surface area contributed by atoms with Gasteiger partial charge in [-0.05, 0) is 32.2 Å². The van der Waals surface area contributed by atoms with Gasteiger partial charge in [-0.2, -0.15) is 0 Å². The fraction of sp³-hybridized carbons (Fsp3) is 0.967. The fourth-order valence-electron chi connectivity index (χ4n) is 6.32. The Bertz CT molecular complexity index is 902. The van der Waals surface area contributed by atoms with Crippen LogP contribution in [0, 0.1) is 0 Å². The molecule has 268 valence electrons. The van der Waals surface area contributed by atoms with Crippen molar-refractivity contribution in [1.29, 1.82) is 0 Å². The van der Waals surface area contributed by atoms with Crippen LogP contribution < -0.4 is 0 Å². The molecule has 0 spiro atoms. The van der Waals surface area contributed by atoms with Crippen LogP contribution in [0.5, 0.6) is 0 Å². The Hall–Kier alpha value is -1.09. The minimum absolute atomic E-state index is 0.00192. The van der Waals surface area contributed by atoms with E-state index in [0.29, 0.717) is 19.6 Å². The van der Waals surface area contributed by atoms with Crippen molar-refractivity contribution in [2.75, 3.05) is 46.6 Å². The number of likely N-dealkylation sites (tertiary alicyclic amines) is 1. The summed E-state index contributed by atoms with van der Waals surface area (Å²) in [7, 11) is 1.38. The number of aliphatic hydroxyl groups is 7. The number of ether oxygens (including phenoxy) is 7. The molecule has 46 heavy (non-hydrogen) atoms. The summed E-state index contributed by atoms with van der Waals surface area (Å²) in [5, 5.41) is 72.3. The lowest BCUT2D eigenvalue weighted by atomic mass is 10.1. The smallest absolute Gasteiger partial charge is 0.305 e. The highest BCUT2D eigenvalue weighted by Crippen LogP contribution is 2.29. The predicted octanol–water partition coefficient (Wildman–Crippen LogP) is -2.26. The minimum atomic E-state index is -1.46. The zero-order valence-corrected chi connectivity index (χ0v) is 26.5. The number of nitrogens with zero attached hydrogens (tertiary/aromatic N) is 1. The summed E-state index contributed by atoms with van der Waals surface area (Å²) in [6.07, 6.45) is -6.81. The van der Waals surface area contributed by atoms with Crippen LogP contribution in [-0.4, -0.2) is 173 Å². The molecule has 0 bridgehead atoms. The van der Waals surface area contributed by atoms with E-state index >= 15 is 0 Å². The third-order valence-corrected chi connectivity index (χ3v) is 9.21. The molecule has 13 atom stereocenters. The van der Waals surface area contributed by atoms with Crippen LogP contribution in [0.4, 0.5) is 0 Å². The maximum atomic E-state index is 11.1. The van der Waals surface area contributed by atoms with Gasteiger partial charge >= 0.3 is 5.97 Å². The Morgan fingerprint density at radius 1 is 0.696 bits per heavy atom. The van der Waals surface area contributed by atoms with Crippen molar-refractivity contribution >= 4 is 5.97 Å². The number of rotatable bonds is 19. The minimum Gasteiger partial charge on any atom is -0.469 e. The van der Waals surface area contributed by atoms with E-state index in [-0.39, 0.29) is 31.8 Å². The van der Waals surface area contributed by atoms with Crippen molar-refractivity contribution in [3.8, 4) is 0 Å². The molecule has 0 aromatic rings. The van der Waals surface area contributed by atoms with E-state index in [1.807, 2.05) is 4.90 Å². The third kappa shape index (κ3) is 9.98. The average molecular weight is 668 g/mol. The second-order valence-electron chi connectivity index (χ2n) is 12.5. The number of carbonyl (C=O) groups is 1. The molecule has 7 N–H and O–H groups in total. The van der Waals surface area contributed by atoms with Crippen LogP contribution in [0.15, 0.2) is 0 Å². The van der Waals surface area contributed by atoms with E-state index in [1.165, 1.54) is 7.11 Å². The van der Waals surface area contributed by atoms with Crippen LogP contribution in [0.25, 0.3) is 0 Å². The van der Waals surface area contributed by atoms with E-state index in [4.69, 9.17) is 28.4 Å². The molecule has 0 amide bonds. The number of hydrogen-bond acceptors (Lipinski definition) is 16. The van der Waals surface area contributed by atoms with Crippen LogP contribution in [0.1, 0.15) is 57.8 Å². The van der Waals surface area contributed by atoms with Gasteiger partial charge in [0.25, 0.3) is 0 Å². The molecule has 0 aromatic heterocycles. The molecular weight excluding hydrogens is 614 g/mol. The van der Waals surface area contributed by atoms with Gasteiger partial charge in [-0.1, -0.05) is 25.7 Å². The lowest BCUT2D eigenvalue weighted by molar-refractivity contribution is -0.218. The molecular formula is C30H53NO15. The Labute approximate surface area is 269 Å². The first kappa shape index (κ1) is 37.7. The standard InChI is InChI=1S/C30H53NO15/c1-40-21(33)10-6-4-2-3-5-7-12-41-28-26(38)23(35)19(45-28)15-43-30-27(39)24(36)20(46-30)16-42-29-25(37)22(34)18(44-29)13-31-11-8-9-17(31)14-32/h17-20,22-30,32,34-39H,2-16H2,1H3/t17-,18+,19+,20+,22+,23+,24+,25-,26-,27-,28-,29-,30-/m0/s1. The summed E-state index contributed by atoms with van der Waals surface area (Å²) in [5.74, 6) is -0.202. The van der Waals surface area contributed by atoms with Gasteiger partial charge in [0.1, 0.15) is 54.9 Å². The van der Waals surface area contributed by atoms with Crippen LogP contribution in [-0.2, 0) is 38.0 Å². The van der Waals surface area contributed by atoms with Crippen LogP contribution >= 0.6 is 0 Å². The number of aliphatic hydroxyl groups excluding tert-OH is 7. The normalized spacial score (nSPS) is 39.9. The molecule has 16 nitrogen and oxygen atoms in total. The number of carbonyl (C=O) groups excluding carboxylic acids is 1. The average Bonchev–Trinajstić information content (AvgIpc) is 3.77. The molecule has 0 radical (unpaired) electrons. The summed E-state index contributed by atoms with van der Waals surface area (Å²) in [4.78, 5) is 13.1. The molecule has 4 heterocycles. The second-order valence-corrected chi connectivity index (χ2v) is 12.5. The van der Waals surface area contributed by atoms with Gasteiger partial charge in [-0.25, -0.2) is 0 Å². The number of unbranched alkanes of at least 4 members (excludes halogenated alkanes) is 5. The molecule has 4 fully saturated rings. The SMILES string of the molecule is COC(=O)CCCCCCCCO[C@H]1O[C@H](CO[C@H]2O[C@H](CO[C@H]3O[C@H](CN4CCC[C@H]4CO)[C@@H](O)[C@@H]3O)[C@@H](O)[C@@H]2O)[C@@H](O)[C@@H]1O. The van der Waals surface area contributed by atoms with E-state index in [2.05, 4.69) is 4.74 Å². The molecule has 0 aromatic carbocycles. The highest BCUT2D eigenvalue weighted by atomic mass is 16.7. The first-order valence-corrected chi connectivity index (χ1v) is 16.5. The Morgan fingerprint density at radius 2 is 1.20 bits per heavy atom. The Balaban J connectivity index is 1.12. The second kappa shape index (κ2) is 18.6. The van der Waals surface area contributed by atoms with Gasteiger partial charge in [0.05, 0.1) is 26.9 Å². The predicted molar refractivity (Wildman–Crippen MR) is 156 cm³/mol. The van der Waals surface area contributed by atoms with Crippen molar-refractivity contribution in [2.45, 2.75) is 138 Å². The van der Waals surface area contributed by atoms with E-state index in [9.17, 15) is 40.5 Å². The third-order valence-electron chi connectivity index (χ3n) is 9.21. The topological polar surface area (TPSA) is 227 Å². The first-order valence-electron chi connectivity index (χ1n) is 16.5. The molecule has 4 saturated heterocycles. The summed E-state index contributed by atoms with van der Waals surface area (Å²) >= 11 is 0. The molecule has 4 aliphatic rings.